The number of nitrogens with one attached hydrogen (secondary N) is 1. The number of nitrogens with zero attached hydrogens (tertiary/aromatic N) is 1. The van der Waals surface area contributed by atoms with Crippen LogP contribution in [0.4, 0.5) is 0 Å². The molecule has 1 fully saturated rings. The van der Waals surface area contributed by atoms with E-state index in [-0.39, 0.29) is 6.10 Å². The minimum Gasteiger partial charge on any atom is -0.375 e. The number of hydrogen-bond donors (Lipinski definition) is 1. The number of likely N-dealkylation sites (tertiary alicyclic amines) is 1. The molecular formula is C18H24N2O. The summed E-state index contributed by atoms with van der Waals surface area (Å²) in [5.41, 5.74) is 4.09. The average molecular weight is 284 g/mol. The van der Waals surface area contributed by atoms with Crippen LogP contribution in [0, 0.1) is 11.8 Å². The van der Waals surface area contributed by atoms with Gasteiger partial charge in [0.2, 0.25) is 0 Å². The van der Waals surface area contributed by atoms with Crippen molar-refractivity contribution in [3.63, 3.8) is 0 Å². The molecule has 1 saturated heterocycles. The van der Waals surface area contributed by atoms with Gasteiger partial charge in [-0.2, -0.15) is 0 Å². The highest BCUT2D eigenvalue weighted by Crippen LogP contribution is 2.42. The topological polar surface area (TPSA) is 28.3 Å². The fourth-order valence-corrected chi connectivity index (χ4v) is 4.39. The van der Waals surface area contributed by atoms with Crippen LogP contribution in [-0.2, 0) is 11.2 Å². The first kappa shape index (κ1) is 13.4. The van der Waals surface area contributed by atoms with Crippen molar-refractivity contribution in [2.24, 2.45) is 11.8 Å². The van der Waals surface area contributed by atoms with Crippen molar-refractivity contribution >= 4 is 10.9 Å². The number of ether oxygens (including phenoxy) is 1. The summed E-state index contributed by atoms with van der Waals surface area (Å²) in [4.78, 5) is 6.13. The Hall–Kier alpha value is -1.32. The predicted molar refractivity (Wildman–Crippen MR) is 85.5 cm³/mol. The average Bonchev–Trinajstić information content (AvgIpc) is 2.78. The van der Waals surface area contributed by atoms with Gasteiger partial charge < -0.3 is 14.6 Å². The second-order valence-corrected chi connectivity index (χ2v) is 6.80. The van der Waals surface area contributed by atoms with E-state index in [4.69, 9.17) is 4.74 Å². The third-order valence-corrected chi connectivity index (χ3v) is 5.53. The van der Waals surface area contributed by atoms with Gasteiger partial charge in [-0.15, -0.1) is 0 Å². The zero-order chi connectivity index (χ0) is 14.4. The third kappa shape index (κ3) is 2.19. The first-order chi connectivity index (χ1) is 10.3. The number of H-pyrrole nitrogens is 1. The molecule has 3 atom stereocenters. The molecule has 112 valence electrons. The van der Waals surface area contributed by atoms with Gasteiger partial charge in [-0.1, -0.05) is 18.2 Å². The molecule has 0 radical (unpaired) electrons. The van der Waals surface area contributed by atoms with E-state index in [0.717, 1.165) is 18.3 Å². The Morgan fingerprint density at radius 3 is 2.95 bits per heavy atom. The monoisotopic (exact) mass is 284 g/mol. The Labute approximate surface area is 126 Å². The molecule has 1 aliphatic carbocycles. The van der Waals surface area contributed by atoms with E-state index in [1.54, 1.807) is 0 Å². The fraction of sp³-hybridized carbons (Fsp3) is 0.556. The van der Waals surface area contributed by atoms with E-state index in [1.807, 2.05) is 7.11 Å². The lowest BCUT2D eigenvalue weighted by Gasteiger charge is -2.36. The van der Waals surface area contributed by atoms with Crippen LogP contribution < -0.4 is 0 Å². The van der Waals surface area contributed by atoms with Gasteiger partial charge in [0, 0.05) is 30.3 Å². The molecule has 0 saturated carbocycles. The number of piperidine rings is 1. The number of para-hydroxylation sites is 1. The van der Waals surface area contributed by atoms with E-state index in [2.05, 4.69) is 41.2 Å². The minimum atomic E-state index is 0.228. The zero-order valence-electron chi connectivity index (χ0n) is 12.9. The summed E-state index contributed by atoms with van der Waals surface area (Å²) in [6, 6.07) is 8.69. The number of benzene rings is 1. The van der Waals surface area contributed by atoms with Gasteiger partial charge in [0.15, 0.2) is 0 Å². The molecule has 3 heteroatoms. The van der Waals surface area contributed by atoms with E-state index in [0.29, 0.717) is 0 Å². The van der Waals surface area contributed by atoms with Crippen molar-refractivity contribution < 1.29 is 4.74 Å². The van der Waals surface area contributed by atoms with Crippen LogP contribution in [0.5, 0.6) is 0 Å². The Bertz CT molecular complexity index is 648. The Balaban J connectivity index is 1.81. The molecule has 0 amide bonds. The van der Waals surface area contributed by atoms with Crippen molar-refractivity contribution in [2.45, 2.75) is 25.4 Å². The van der Waals surface area contributed by atoms with Crippen molar-refractivity contribution in [2.75, 3.05) is 27.2 Å². The van der Waals surface area contributed by atoms with E-state index in [1.165, 1.54) is 48.1 Å². The lowest BCUT2D eigenvalue weighted by molar-refractivity contribution is 0.0512. The molecule has 2 heterocycles. The Morgan fingerprint density at radius 1 is 1.24 bits per heavy atom. The van der Waals surface area contributed by atoms with Crippen molar-refractivity contribution in [3.05, 3.63) is 35.5 Å². The molecule has 21 heavy (non-hydrogen) atoms. The summed E-state index contributed by atoms with van der Waals surface area (Å²) >= 11 is 0. The van der Waals surface area contributed by atoms with Crippen LogP contribution >= 0.6 is 0 Å². The molecule has 0 spiro atoms. The summed E-state index contributed by atoms with van der Waals surface area (Å²) in [5.74, 6) is 1.56. The number of aromatic amines is 1. The first-order valence-electron chi connectivity index (χ1n) is 8.07. The molecule has 2 aromatic rings. The quantitative estimate of drug-likeness (QED) is 0.869. The molecule has 1 aliphatic heterocycles. The van der Waals surface area contributed by atoms with Crippen molar-refractivity contribution in [3.8, 4) is 0 Å². The molecular weight excluding hydrogens is 260 g/mol. The lowest BCUT2D eigenvalue weighted by atomic mass is 9.81. The van der Waals surface area contributed by atoms with Crippen LogP contribution in [0.2, 0.25) is 0 Å². The van der Waals surface area contributed by atoms with Gasteiger partial charge >= 0.3 is 0 Å². The van der Waals surface area contributed by atoms with Gasteiger partial charge in [0.1, 0.15) is 0 Å². The van der Waals surface area contributed by atoms with Crippen molar-refractivity contribution in [1.82, 2.24) is 9.88 Å². The summed E-state index contributed by atoms with van der Waals surface area (Å²) in [6.07, 6.45) is 3.89. The molecule has 0 bridgehead atoms. The van der Waals surface area contributed by atoms with Gasteiger partial charge in [0.25, 0.3) is 0 Å². The number of aromatic nitrogens is 1. The lowest BCUT2D eigenvalue weighted by Crippen LogP contribution is -2.38. The second-order valence-electron chi connectivity index (χ2n) is 6.80. The highest BCUT2D eigenvalue weighted by atomic mass is 16.5. The minimum absolute atomic E-state index is 0.228. The number of methoxy groups -OCH3 is 1. The standard InChI is InChI=1S/C18H24N2O/c1-20-8-7-12-10-17(21-2)18-15(9-13(12)11-20)14-5-3-4-6-16(14)19-18/h3-6,12-13,17,19H,7-11H2,1-2H3. The maximum Gasteiger partial charge on any atom is 0.0974 e. The molecule has 4 rings (SSSR count). The SMILES string of the molecule is COC1CC2CCN(C)CC2Cc2c1[nH]c1ccccc21. The molecule has 3 unspecified atom stereocenters. The van der Waals surface area contributed by atoms with Crippen LogP contribution in [0.3, 0.4) is 0 Å². The maximum atomic E-state index is 5.86. The fourth-order valence-electron chi connectivity index (χ4n) is 4.39. The summed E-state index contributed by atoms with van der Waals surface area (Å²) in [6.45, 7) is 2.45. The van der Waals surface area contributed by atoms with E-state index < -0.39 is 0 Å². The molecule has 1 aromatic heterocycles. The molecule has 2 aliphatic rings. The second kappa shape index (κ2) is 5.15. The van der Waals surface area contributed by atoms with Gasteiger partial charge in [-0.25, -0.2) is 0 Å². The molecule has 1 aromatic carbocycles. The third-order valence-electron chi connectivity index (χ3n) is 5.53. The zero-order valence-corrected chi connectivity index (χ0v) is 12.9. The summed E-state index contributed by atoms with van der Waals surface area (Å²) in [5, 5.41) is 1.39. The normalized spacial score (nSPS) is 29.9. The molecule has 3 nitrogen and oxygen atoms in total. The number of hydrogen-bond acceptors (Lipinski definition) is 2. The molecule has 1 N–H and O–H groups in total. The largest absolute Gasteiger partial charge is 0.375 e. The Morgan fingerprint density at radius 2 is 2.10 bits per heavy atom. The number of fused-ring (bicyclic) bond motifs is 4. The maximum absolute atomic E-state index is 5.86. The van der Waals surface area contributed by atoms with Crippen LogP contribution in [0.25, 0.3) is 10.9 Å². The van der Waals surface area contributed by atoms with Gasteiger partial charge in [-0.3, -0.25) is 0 Å². The van der Waals surface area contributed by atoms with Crippen molar-refractivity contribution in [1.29, 1.82) is 0 Å². The van der Waals surface area contributed by atoms with Crippen LogP contribution in [0.1, 0.15) is 30.2 Å². The number of rotatable bonds is 1. The van der Waals surface area contributed by atoms with E-state index >= 15 is 0 Å². The summed E-state index contributed by atoms with van der Waals surface area (Å²) < 4.78 is 5.86. The predicted octanol–water partition coefficient (Wildman–Crippen LogP) is 3.37. The van der Waals surface area contributed by atoms with E-state index in [9.17, 15) is 0 Å². The Kier molecular flexibility index (Phi) is 3.27. The highest BCUT2D eigenvalue weighted by molar-refractivity contribution is 5.85. The van der Waals surface area contributed by atoms with Gasteiger partial charge in [-0.05, 0) is 56.3 Å². The van der Waals surface area contributed by atoms with Crippen LogP contribution in [-0.4, -0.2) is 37.1 Å². The van der Waals surface area contributed by atoms with Gasteiger partial charge in [0.05, 0.1) is 6.10 Å². The summed E-state index contributed by atoms with van der Waals surface area (Å²) in [7, 11) is 4.11. The van der Waals surface area contributed by atoms with Crippen LogP contribution in [0.15, 0.2) is 24.3 Å². The smallest absolute Gasteiger partial charge is 0.0974 e. The first-order valence-corrected chi connectivity index (χ1v) is 8.07. The highest BCUT2D eigenvalue weighted by Gasteiger charge is 2.36.